The molecule has 0 aliphatic rings. The van der Waals surface area contributed by atoms with Crippen LogP contribution in [0.1, 0.15) is 0 Å². The fourth-order valence-corrected chi connectivity index (χ4v) is 0.555. The van der Waals surface area contributed by atoms with Gasteiger partial charge in [-0.3, -0.25) is 0 Å². The normalized spacial score (nSPS) is 9.18. The van der Waals surface area contributed by atoms with Crippen LogP contribution in [0.5, 0.6) is 0 Å². The summed E-state index contributed by atoms with van der Waals surface area (Å²) in [5, 5.41) is 0. The molecule has 2 heterocycles. The molecular weight excluding hydrogens is 338 g/mol. The first-order valence-corrected chi connectivity index (χ1v) is 12.9. The Morgan fingerprint density at radius 2 is 1.06 bits per heavy atom. The van der Waals surface area contributed by atoms with Crippen LogP contribution in [0.15, 0.2) is 48.8 Å². The fraction of sp³-hybridized carbons (Fsp3) is 0. The minimum absolute atomic E-state index is 1.69. The monoisotopic (exact) mass is 344 g/mol. The van der Waals surface area contributed by atoms with E-state index in [2.05, 4.69) is 22.4 Å². The first-order chi connectivity index (χ1) is 8.00. The van der Waals surface area contributed by atoms with Gasteiger partial charge in [0.15, 0.2) is 0 Å². The Balaban J connectivity index is 0.000000228. The summed E-state index contributed by atoms with van der Waals surface area (Å²) >= 11 is -3.11. The Morgan fingerprint density at radius 1 is 0.706 bits per heavy atom. The van der Waals surface area contributed by atoms with Gasteiger partial charge in [-0.1, -0.05) is 24.8 Å². The predicted octanol–water partition coefficient (Wildman–Crippen LogP) is 4.52. The Hall–Kier alpha value is 0.174. The molecule has 2 aromatic rings. The van der Waals surface area contributed by atoms with E-state index >= 15 is 0 Å². The number of aromatic nitrogens is 2. The summed E-state index contributed by atoms with van der Waals surface area (Å²) in [6.45, 7) is 0. The summed E-state index contributed by atoms with van der Waals surface area (Å²) in [5.41, 5.74) is 0. The second-order valence-corrected chi connectivity index (χ2v) is 17.8. The van der Waals surface area contributed by atoms with Crippen molar-refractivity contribution in [3.05, 3.63) is 61.2 Å². The number of hydrogen-bond acceptors (Lipinski definition) is 2. The van der Waals surface area contributed by atoms with Gasteiger partial charge in [-0.2, -0.15) is 36.4 Å². The van der Waals surface area contributed by atoms with E-state index in [-0.39, 0.29) is 0 Å². The van der Waals surface area contributed by atoms with Gasteiger partial charge in [0.2, 0.25) is 0 Å². The molecule has 17 heavy (non-hydrogen) atoms. The smallest absolute Gasteiger partial charge is 0.0813 e. The minimum Gasteiger partial charge on any atom is -0.394 e. The van der Waals surface area contributed by atoms with E-state index in [1.165, 1.54) is 0 Å². The van der Waals surface area contributed by atoms with Crippen molar-refractivity contribution in [3.63, 3.8) is 0 Å². The van der Waals surface area contributed by atoms with Crippen LogP contribution in [-0.4, -0.2) is 9.97 Å². The molecule has 0 atom stereocenters. The van der Waals surface area contributed by atoms with Crippen molar-refractivity contribution < 1.29 is 12.3 Å². The van der Waals surface area contributed by atoms with Crippen molar-refractivity contribution in [1.82, 2.24) is 9.97 Å². The van der Waals surface area contributed by atoms with Crippen LogP contribution in [0.25, 0.3) is 0 Å². The van der Waals surface area contributed by atoms with Crippen LogP contribution in [0.3, 0.4) is 0 Å². The third-order valence-electron chi connectivity index (χ3n) is 1.03. The van der Waals surface area contributed by atoms with Crippen molar-refractivity contribution in [3.8, 4) is 0 Å². The van der Waals surface area contributed by atoms with Gasteiger partial charge in [0.25, 0.3) is 0 Å². The SMILES string of the molecule is [Cl][Ti]([Cl])([Cl])[Cl].[c-]1ccccn1.[c-]1ccccn1. The van der Waals surface area contributed by atoms with Crippen molar-refractivity contribution >= 4 is 37.2 Å². The molecule has 0 fully saturated rings. The van der Waals surface area contributed by atoms with Gasteiger partial charge in [0.1, 0.15) is 0 Å². The molecule has 0 bridgehead atoms. The molecule has 2 rings (SSSR count). The summed E-state index contributed by atoms with van der Waals surface area (Å²) in [6, 6.07) is 11.0. The second-order valence-electron chi connectivity index (χ2n) is 2.35. The summed E-state index contributed by atoms with van der Waals surface area (Å²) < 4.78 is 0. The van der Waals surface area contributed by atoms with Crippen LogP contribution in [0, 0.1) is 12.4 Å². The molecule has 0 amide bonds. The van der Waals surface area contributed by atoms with Crippen molar-refractivity contribution in [2.24, 2.45) is 0 Å². The maximum atomic E-state index is 5.01. The molecule has 2 aromatic heterocycles. The summed E-state index contributed by atoms with van der Waals surface area (Å²) in [6.07, 6.45) is 8.67. The zero-order valence-electron chi connectivity index (χ0n) is 8.53. The molecule has 7 heteroatoms. The molecule has 0 radical (unpaired) electrons. The van der Waals surface area contributed by atoms with Gasteiger partial charge >= 0.3 is 49.6 Å². The number of nitrogens with zero attached hydrogens (tertiary/aromatic N) is 2. The largest absolute Gasteiger partial charge is 0.394 e. The Labute approximate surface area is 120 Å². The van der Waals surface area contributed by atoms with E-state index in [9.17, 15) is 0 Å². The van der Waals surface area contributed by atoms with Crippen LogP contribution in [0.2, 0.25) is 0 Å². The van der Waals surface area contributed by atoms with Crippen molar-refractivity contribution in [2.75, 3.05) is 0 Å². The van der Waals surface area contributed by atoms with Crippen LogP contribution >= 0.6 is 37.2 Å². The first kappa shape index (κ1) is 17.2. The Bertz CT molecular complexity index is 265. The van der Waals surface area contributed by atoms with E-state index in [1.54, 1.807) is 24.5 Å². The molecule has 0 N–H and O–H groups in total. The molecule has 2 nitrogen and oxygen atoms in total. The summed E-state index contributed by atoms with van der Waals surface area (Å²) in [4.78, 5) is 7.32. The molecule has 0 unspecified atom stereocenters. The van der Waals surface area contributed by atoms with Gasteiger partial charge < -0.3 is 9.97 Å². The maximum Gasteiger partial charge on any atom is -0.0813 e. The van der Waals surface area contributed by atoms with Gasteiger partial charge in [-0.25, -0.2) is 0 Å². The maximum absolute atomic E-state index is 5.01. The average molecular weight is 346 g/mol. The molecule has 0 spiro atoms. The summed E-state index contributed by atoms with van der Waals surface area (Å²) in [5.74, 6) is 0. The Kier molecular flexibility index (Phi) is 11.4. The van der Waals surface area contributed by atoms with Crippen LogP contribution < -0.4 is 0 Å². The first-order valence-electron chi connectivity index (χ1n) is 4.30. The zero-order chi connectivity index (χ0) is 13.0. The van der Waals surface area contributed by atoms with Gasteiger partial charge in [-0.15, -0.1) is 0 Å². The fourth-order valence-electron chi connectivity index (χ4n) is 0.555. The second kappa shape index (κ2) is 11.3. The van der Waals surface area contributed by atoms with Crippen LogP contribution in [-0.2, 0) is 12.3 Å². The molecule has 0 saturated carbocycles. The minimum atomic E-state index is -3.11. The van der Waals surface area contributed by atoms with E-state index in [4.69, 9.17) is 37.2 Å². The molecule has 0 aliphatic carbocycles. The summed E-state index contributed by atoms with van der Waals surface area (Å²) in [7, 11) is 20.1. The van der Waals surface area contributed by atoms with E-state index in [1.807, 2.05) is 24.3 Å². The number of pyridine rings is 2. The number of hydrogen-bond donors (Lipinski definition) is 0. The average Bonchev–Trinajstić information content (AvgIpc) is 2.32. The van der Waals surface area contributed by atoms with E-state index < -0.39 is 12.3 Å². The topological polar surface area (TPSA) is 25.8 Å². The number of rotatable bonds is 0. The van der Waals surface area contributed by atoms with Crippen molar-refractivity contribution in [2.45, 2.75) is 0 Å². The molecule has 92 valence electrons. The molecular formula is C10H8Cl4N2Ti-2. The third-order valence-corrected chi connectivity index (χ3v) is 1.03. The van der Waals surface area contributed by atoms with E-state index in [0.717, 1.165) is 0 Å². The van der Waals surface area contributed by atoms with Gasteiger partial charge in [-0.05, 0) is 0 Å². The number of halogens is 4. The van der Waals surface area contributed by atoms with Gasteiger partial charge in [0.05, 0.1) is 0 Å². The molecule has 0 saturated heterocycles. The predicted molar refractivity (Wildman–Crippen MR) is 69.6 cm³/mol. The van der Waals surface area contributed by atoms with Crippen molar-refractivity contribution in [1.29, 1.82) is 0 Å². The Morgan fingerprint density at radius 3 is 1.12 bits per heavy atom. The van der Waals surface area contributed by atoms with E-state index in [0.29, 0.717) is 0 Å². The standard InChI is InChI=1S/2C5H4N.4ClH.Ti/c2*1-2-4-6-5-3-1;;;;;/h2*1-4H;4*1H;/q2*-1;;;;;+4/p-4. The quantitative estimate of drug-likeness (QED) is 0.518. The third kappa shape index (κ3) is 21.9. The van der Waals surface area contributed by atoms with Gasteiger partial charge in [0, 0.05) is 0 Å². The molecule has 0 aliphatic heterocycles. The molecule has 0 aromatic carbocycles. The zero-order valence-corrected chi connectivity index (χ0v) is 13.1. The van der Waals surface area contributed by atoms with Crippen LogP contribution in [0.4, 0.5) is 0 Å².